The summed E-state index contributed by atoms with van der Waals surface area (Å²) >= 11 is 5.94. The number of hydrogen-bond donors (Lipinski definition) is 1. The second kappa shape index (κ2) is 8.39. The minimum absolute atomic E-state index is 0.305. The van der Waals surface area contributed by atoms with Crippen LogP contribution >= 0.6 is 11.6 Å². The molecule has 2 rings (SSSR count). The first-order valence-electron chi connectivity index (χ1n) is 7.40. The molecular weight excluding hydrogens is 344 g/mol. The molecule has 0 aliphatic heterocycles. The van der Waals surface area contributed by atoms with Crippen LogP contribution in [0.25, 0.3) is 0 Å². The van der Waals surface area contributed by atoms with Gasteiger partial charge in [0.05, 0.1) is 32.6 Å². The van der Waals surface area contributed by atoms with Crippen LogP contribution in [0.5, 0.6) is 17.2 Å². The number of halogens is 1. The number of benzene rings is 2. The van der Waals surface area contributed by atoms with Gasteiger partial charge in [-0.2, -0.15) is 5.10 Å². The zero-order chi connectivity index (χ0) is 18.4. The smallest absolute Gasteiger partial charge is 0.275 e. The standard InChI is InChI=1S/C18H19ClN2O4/c1-11(12-5-7-16(24-3)17(9-12)25-4)20-21-18(22)14-10-13(19)6-8-15(14)23-2/h5-10H,1-4H3,(H,21,22)/b20-11-. The van der Waals surface area contributed by atoms with Gasteiger partial charge in [0.15, 0.2) is 11.5 Å². The highest BCUT2D eigenvalue weighted by Crippen LogP contribution is 2.27. The molecule has 0 fully saturated rings. The minimum atomic E-state index is -0.417. The molecule has 0 radical (unpaired) electrons. The zero-order valence-electron chi connectivity index (χ0n) is 14.4. The summed E-state index contributed by atoms with van der Waals surface area (Å²) in [5.74, 6) is 1.20. The van der Waals surface area contributed by atoms with Gasteiger partial charge in [-0.3, -0.25) is 4.79 Å². The highest BCUT2D eigenvalue weighted by atomic mass is 35.5. The van der Waals surface area contributed by atoms with Crippen molar-refractivity contribution >= 4 is 23.2 Å². The molecule has 2 aromatic carbocycles. The van der Waals surface area contributed by atoms with E-state index in [4.69, 9.17) is 25.8 Å². The summed E-state index contributed by atoms with van der Waals surface area (Å²) in [5, 5.41) is 4.57. The zero-order valence-corrected chi connectivity index (χ0v) is 15.2. The number of rotatable bonds is 6. The van der Waals surface area contributed by atoms with E-state index in [0.29, 0.717) is 33.5 Å². The van der Waals surface area contributed by atoms with Crippen molar-refractivity contribution in [2.45, 2.75) is 6.92 Å². The van der Waals surface area contributed by atoms with E-state index in [2.05, 4.69) is 10.5 Å². The van der Waals surface area contributed by atoms with Crippen molar-refractivity contribution in [3.8, 4) is 17.2 Å². The lowest BCUT2D eigenvalue weighted by molar-refractivity contribution is 0.0952. The largest absolute Gasteiger partial charge is 0.496 e. The Bertz CT molecular complexity index is 806. The van der Waals surface area contributed by atoms with Crippen molar-refractivity contribution in [3.63, 3.8) is 0 Å². The number of ether oxygens (including phenoxy) is 3. The quantitative estimate of drug-likeness (QED) is 0.630. The lowest BCUT2D eigenvalue weighted by Crippen LogP contribution is -2.20. The van der Waals surface area contributed by atoms with Gasteiger partial charge < -0.3 is 14.2 Å². The topological polar surface area (TPSA) is 69.2 Å². The number of hydrogen-bond acceptors (Lipinski definition) is 5. The normalized spacial score (nSPS) is 11.0. The Hall–Kier alpha value is -2.73. The van der Waals surface area contributed by atoms with Crippen molar-refractivity contribution in [2.75, 3.05) is 21.3 Å². The van der Waals surface area contributed by atoms with Crippen molar-refractivity contribution in [1.29, 1.82) is 0 Å². The molecule has 0 spiro atoms. The Balaban J connectivity index is 2.21. The van der Waals surface area contributed by atoms with Crippen LogP contribution in [0.15, 0.2) is 41.5 Å². The predicted octanol–water partition coefficient (Wildman–Crippen LogP) is 3.52. The van der Waals surface area contributed by atoms with Crippen LogP contribution in [0.3, 0.4) is 0 Å². The summed E-state index contributed by atoms with van der Waals surface area (Å²) in [4.78, 5) is 12.3. The van der Waals surface area contributed by atoms with Crippen LogP contribution in [-0.4, -0.2) is 32.9 Å². The predicted molar refractivity (Wildman–Crippen MR) is 97.2 cm³/mol. The molecule has 0 aliphatic carbocycles. The number of carbonyl (C=O) groups excluding carboxylic acids is 1. The van der Waals surface area contributed by atoms with Crippen molar-refractivity contribution in [1.82, 2.24) is 5.43 Å². The Morgan fingerprint density at radius 3 is 2.24 bits per heavy atom. The van der Waals surface area contributed by atoms with Crippen LogP contribution in [0.4, 0.5) is 0 Å². The van der Waals surface area contributed by atoms with E-state index in [-0.39, 0.29) is 0 Å². The van der Waals surface area contributed by atoms with Crippen LogP contribution in [-0.2, 0) is 0 Å². The van der Waals surface area contributed by atoms with Crippen molar-refractivity contribution in [3.05, 3.63) is 52.5 Å². The summed E-state index contributed by atoms with van der Waals surface area (Å²) in [5.41, 5.74) is 4.20. The molecular formula is C18H19ClN2O4. The summed E-state index contributed by atoms with van der Waals surface area (Å²) in [6.45, 7) is 1.77. The van der Waals surface area contributed by atoms with Gasteiger partial charge in [0.1, 0.15) is 5.75 Å². The highest BCUT2D eigenvalue weighted by Gasteiger charge is 2.13. The first kappa shape index (κ1) is 18.6. The molecule has 0 aromatic heterocycles. The maximum atomic E-state index is 12.3. The van der Waals surface area contributed by atoms with E-state index in [1.807, 2.05) is 6.07 Å². The second-order valence-corrected chi connectivity index (χ2v) is 5.49. The average molecular weight is 363 g/mol. The van der Waals surface area contributed by atoms with Gasteiger partial charge in [0.2, 0.25) is 0 Å². The van der Waals surface area contributed by atoms with E-state index >= 15 is 0 Å². The molecule has 6 nitrogen and oxygen atoms in total. The van der Waals surface area contributed by atoms with Gasteiger partial charge in [-0.15, -0.1) is 0 Å². The maximum Gasteiger partial charge on any atom is 0.275 e. The minimum Gasteiger partial charge on any atom is -0.496 e. The number of amides is 1. The van der Waals surface area contributed by atoms with Crippen LogP contribution in [0.1, 0.15) is 22.8 Å². The van der Waals surface area contributed by atoms with E-state index in [0.717, 1.165) is 5.56 Å². The summed E-state index contributed by atoms with van der Waals surface area (Å²) in [7, 11) is 4.61. The molecule has 132 valence electrons. The molecule has 7 heteroatoms. The van der Waals surface area contributed by atoms with Crippen molar-refractivity contribution in [2.24, 2.45) is 5.10 Å². The van der Waals surface area contributed by atoms with E-state index in [9.17, 15) is 4.79 Å². The van der Waals surface area contributed by atoms with E-state index in [1.165, 1.54) is 13.2 Å². The fourth-order valence-electron chi connectivity index (χ4n) is 2.18. The van der Waals surface area contributed by atoms with Crippen LogP contribution in [0.2, 0.25) is 5.02 Å². The van der Waals surface area contributed by atoms with Gasteiger partial charge in [-0.25, -0.2) is 5.43 Å². The Labute approximate surface area is 151 Å². The van der Waals surface area contributed by atoms with E-state index in [1.54, 1.807) is 45.4 Å². The lowest BCUT2D eigenvalue weighted by Gasteiger charge is -2.10. The lowest BCUT2D eigenvalue weighted by atomic mass is 10.1. The highest BCUT2D eigenvalue weighted by molar-refractivity contribution is 6.31. The summed E-state index contributed by atoms with van der Waals surface area (Å²) < 4.78 is 15.6. The molecule has 0 bridgehead atoms. The fourth-order valence-corrected chi connectivity index (χ4v) is 2.35. The van der Waals surface area contributed by atoms with Gasteiger partial charge in [-0.05, 0) is 43.3 Å². The maximum absolute atomic E-state index is 12.3. The monoisotopic (exact) mass is 362 g/mol. The number of methoxy groups -OCH3 is 3. The molecule has 0 aliphatic rings. The Morgan fingerprint density at radius 2 is 1.60 bits per heavy atom. The SMILES string of the molecule is COc1ccc(/C(C)=N\NC(=O)c2cc(Cl)ccc2OC)cc1OC. The van der Waals surface area contributed by atoms with Crippen molar-refractivity contribution < 1.29 is 19.0 Å². The Kier molecular flexibility index (Phi) is 6.25. The molecule has 0 atom stereocenters. The molecule has 0 saturated heterocycles. The average Bonchev–Trinajstić information content (AvgIpc) is 2.65. The molecule has 25 heavy (non-hydrogen) atoms. The molecule has 1 N–H and O–H groups in total. The molecule has 2 aromatic rings. The number of hydrazone groups is 1. The molecule has 1 amide bonds. The third-order valence-corrected chi connectivity index (χ3v) is 3.77. The fraction of sp³-hybridized carbons (Fsp3) is 0.222. The number of nitrogens with one attached hydrogen (secondary N) is 1. The van der Waals surface area contributed by atoms with Gasteiger partial charge in [-0.1, -0.05) is 11.6 Å². The molecule has 0 heterocycles. The number of carbonyl (C=O) groups is 1. The summed E-state index contributed by atoms with van der Waals surface area (Å²) in [6, 6.07) is 10.2. The van der Waals surface area contributed by atoms with Crippen LogP contribution < -0.4 is 19.6 Å². The van der Waals surface area contributed by atoms with Gasteiger partial charge in [0.25, 0.3) is 5.91 Å². The van der Waals surface area contributed by atoms with E-state index < -0.39 is 5.91 Å². The van der Waals surface area contributed by atoms with Gasteiger partial charge in [0, 0.05) is 10.6 Å². The third-order valence-electron chi connectivity index (χ3n) is 3.53. The Morgan fingerprint density at radius 1 is 0.960 bits per heavy atom. The molecule has 0 saturated carbocycles. The first-order valence-corrected chi connectivity index (χ1v) is 7.78. The molecule has 0 unspecified atom stereocenters. The third kappa shape index (κ3) is 4.42. The first-order chi connectivity index (χ1) is 12.0. The van der Waals surface area contributed by atoms with Gasteiger partial charge >= 0.3 is 0 Å². The number of nitrogens with zero attached hydrogens (tertiary/aromatic N) is 1. The summed E-state index contributed by atoms with van der Waals surface area (Å²) in [6.07, 6.45) is 0. The second-order valence-electron chi connectivity index (χ2n) is 5.05. The van der Waals surface area contributed by atoms with Crippen LogP contribution in [0, 0.1) is 0 Å².